The number of carbonyl (C=O) groups is 1. The third-order valence-electron chi connectivity index (χ3n) is 14.6. The second-order valence-corrected chi connectivity index (χ2v) is 18.9. The number of anilines is 1. The summed E-state index contributed by atoms with van der Waals surface area (Å²) in [6.07, 6.45) is 43.4. The molecule has 7 nitrogen and oxygen atoms in total. The molecule has 0 radical (unpaired) electrons. The number of aliphatic imine (C=N–C) groups is 2. The Morgan fingerprint density at radius 1 is 0.957 bits per heavy atom. The van der Waals surface area contributed by atoms with Gasteiger partial charge in [-0.2, -0.15) is 0 Å². The van der Waals surface area contributed by atoms with Crippen molar-refractivity contribution >= 4 is 23.3 Å². The van der Waals surface area contributed by atoms with Crippen LogP contribution in [0.25, 0.3) is 0 Å². The minimum Gasteiger partial charge on any atom is -0.460 e. The molecule has 344 valence electrons. The summed E-state index contributed by atoms with van der Waals surface area (Å²) in [6, 6.07) is 20.7. The van der Waals surface area contributed by atoms with Crippen molar-refractivity contribution in [1.82, 2.24) is 5.32 Å². The quantitative estimate of drug-likeness (QED) is 0.123. The van der Waals surface area contributed by atoms with Gasteiger partial charge in [0.2, 0.25) is 0 Å². The Morgan fingerprint density at radius 2 is 1.81 bits per heavy atom. The lowest BCUT2D eigenvalue weighted by Gasteiger charge is -2.31. The molecule has 0 aromatic heterocycles. The third-order valence-corrected chi connectivity index (χ3v) is 14.6. The first-order valence-corrected chi connectivity index (χ1v) is 24.9. The fourth-order valence-electron chi connectivity index (χ4n) is 11.3. The van der Waals surface area contributed by atoms with Gasteiger partial charge < -0.3 is 19.7 Å². The van der Waals surface area contributed by atoms with Crippen molar-refractivity contribution in [2.45, 2.75) is 89.3 Å². The van der Waals surface area contributed by atoms with Crippen molar-refractivity contribution in [3.8, 4) is 11.8 Å². The first kappa shape index (κ1) is 44.2. The molecule has 1 N–H and O–H groups in total. The maximum absolute atomic E-state index is 13.6. The van der Waals surface area contributed by atoms with Gasteiger partial charge in [-0.15, -0.1) is 0 Å². The standard InChI is InChI=1S/C62H58N4O3/c1-3-21-44(42-24-11-6-12-25-42)39-52(61-64-59(43-26-13-7-14-27-43)63-60(65-61)45-28-19-29-46(38-45)62(67)68-40-41-22-9-5-10-23-41)48(4-2)49-33-20-34-51-57-55(69-58(49)51)37-36-54-56(57)50-32-17-18-35-53(50)66(54)47-30-15-8-16-31-47/h4-6,8-11,13,15-16,19-20,22-24,26-34,36-37,39,46,51,53,55,57-58,60H,2-3,7,12,14,21,25,35,38,40H2,1H3,(H,63,64,65)/b44-39+,52-48-. The zero-order valence-corrected chi connectivity index (χ0v) is 39.3. The lowest BCUT2D eigenvalue weighted by Crippen LogP contribution is -2.42. The van der Waals surface area contributed by atoms with E-state index in [1.807, 2.05) is 48.6 Å². The van der Waals surface area contributed by atoms with E-state index in [1.54, 1.807) is 0 Å². The Bertz CT molecular complexity index is 2980. The van der Waals surface area contributed by atoms with E-state index < -0.39 is 12.1 Å². The Balaban J connectivity index is 0.987. The monoisotopic (exact) mass is 906 g/mol. The molecule has 6 aliphatic carbocycles. The normalized spacial score (nSPS) is 27.6. The molecule has 7 unspecified atom stereocenters. The number of para-hydroxylation sites is 1. The highest BCUT2D eigenvalue weighted by molar-refractivity contribution is 6.15. The molecular formula is C62H58N4O3. The van der Waals surface area contributed by atoms with Gasteiger partial charge in [-0.1, -0.05) is 165 Å². The van der Waals surface area contributed by atoms with Crippen LogP contribution in [-0.2, 0) is 20.9 Å². The zero-order valence-electron chi connectivity index (χ0n) is 39.3. The number of benzene rings is 2. The van der Waals surface area contributed by atoms with Crippen LogP contribution in [0.4, 0.5) is 5.69 Å². The van der Waals surface area contributed by atoms with E-state index in [0.29, 0.717) is 12.3 Å². The number of hydrogen-bond acceptors (Lipinski definition) is 7. The third kappa shape index (κ3) is 8.75. The van der Waals surface area contributed by atoms with Gasteiger partial charge in [0.15, 0.2) is 5.84 Å². The zero-order chi connectivity index (χ0) is 46.7. The second kappa shape index (κ2) is 19.8. The largest absolute Gasteiger partial charge is 0.460 e. The minimum absolute atomic E-state index is 0.0695. The Kier molecular flexibility index (Phi) is 12.7. The molecule has 0 amide bonds. The van der Waals surface area contributed by atoms with Gasteiger partial charge in [0, 0.05) is 40.8 Å². The van der Waals surface area contributed by atoms with Gasteiger partial charge in [-0.25, -0.2) is 9.98 Å². The molecule has 3 aliphatic heterocycles. The van der Waals surface area contributed by atoms with E-state index in [9.17, 15) is 4.79 Å². The van der Waals surface area contributed by atoms with Crippen LogP contribution in [0.2, 0.25) is 0 Å². The summed E-state index contributed by atoms with van der Waals surface area (Å²) in [5.74, 6) is 7.63. The predicted molar refractivity (Wildman–Crippen MR) is 279 cm³/mol. The van der Waals surface area contributed by atoms with E-state index in [4.69, 9.17) is 19.5 Å². The van der Waals surface area contributed by atoms with Crippen LogP contribution in [-0.4, -0.2) is 42.1 Å². The van der Waals surface area contributed by atoms with Crippen molar-refractivity contribution in [2.75, 3.05) is 4.90 Å². The minimum atomic E-state index is -0.483. The summed E-state index contributed by atoms with van der Waals surface area (Å²) in [5.41, 5.74) is 13.6. The first-order valence-electron chi connectivity index (χ1n) is 24.9. The molecule has 1 fully saturated rings. The lowest BCUT2D eigenvalue weighted by atomic mass is 9.72. The smallest absolute Gasteiger partial charge is 0.313 e. The number of ether oxygens (including phenoxy) is 2. The van der Waals surface area contributed by atoms with Crippen LogP contribution >= 0.6 is 0 Å². The van der Waals surface area contributed by atoms with Gasteiger partial charge in [0.05, 0.1) is 24.2 Å². The van der Waals surface area contributed by atoms with Crippen LogP contribution in [0.15, 0.2) is 236 Å². The highest BCUT2D eigenvalue weighted by atomic mass is 16.5. The molecule has 11 rings (SSSR count). The van der Waals surface area contributed by atoms with E-state index in [-0.39, 0.29) is 42.7 Å². The highest BCUT2D eigenvalue weighted by Gasteiger charge is 2.53. The molecule has 2 aromatic rings. The molecule has 69 heavy (non-hydrogen) atoms. The number of esters is 1. The Hall–Kier alpha value is -7.27. The van der Waals surface area contributed by atoms with E-state index in [2.05, 4.69) is 151 Å². The first-order chi connectivity index (χ1) is 34.1. The van der Waals surface area contributed by atoms with Gasteiger partial charge in [0.25, 0.3) is 0 Å². The number of nitrogens with zero attached hydrogens (tertiary/aromatic N) is 3. The summed E-state index contributed by atoms with van der Waals surface area (Å²) in [7, 11) is 0. The Morgan fingerprint density at radius 3 is 2.61 bits per heavy atom. The molecule has 1 saturated heterocycles. The summed E-state index contributed by atoms with van der Waals surface area (Å²) in [4.78, 5) is 26.9. The summed E-state index contributed by atoms with van der Waals surface area (Å²) in [6.45, 7) is 7.04. The topological polar surface area (TPSA) is 75.5 Å². The van der Waals surface area contributed by atoms with Crippen LogP contribution in [0.5, 0.6) is 0 Å². The van der Waals surface area contributed by atoms with Crippen LogP contribution < -0.4 is 10.2 Å². The van der Waals surface area contributed by atoms with Crippen molar-refractivity contribution in [2.24, 2.45) is 27.7 Å². The molecule has 2 aromatic carbocycles. The summed E-state index contributed by atoms with van der Waals surface area (Å²) >= 11 is 0. The molecule has 0 bridgehead atoms. The molecule has 7 heteroatoms. The number of fused-ring (bicyclic) bond motifs is 6. The van der Waals surface area contributed by atoms with Crippen molar-refractivity contribution < 1.29 is 14.3 Å². The van der Waals surface area contributed by atoms with Gasteiger partial charge in [-0.3, -0.25) is 4.79 Å². The van der Waals surface area contributed by atoms with Gasteiger partial charge >= 0.3 is 5.97 Å². The van der Waals surface area contributed by atoms with Gasteiger partial charge in [-0.05, 0) is 113 Å². The SMILES string of the molecule is C=C/C(C1=CC=CC2C1OC1C=CC3=C(C4=CC#CCC4N3c3ccccc3)C12)=C(\C=C(/CCC)C1=CC=CCC1)C1=NC(C2=CCCC=C2)=NC(C2=CC=CC(C(=O)OCc3ccccc3)C2)N1. The maximum Gasteiger partial charge on any atom is 0.313 e. The van der Waals surface area contributed by atoms with E-state index in [1.165, 1.54) is 33.7 Å². The van der Waals surface area contributed by atoms with Crippen LogP contribution in [0, 0.1) is 29.6 Å². The fourth-order valence-corrected chi connectivity index (χ4v) is 11.3. The van der Waals surface area contributed by atoms with Crippen molar-refractivity contribution in [3.05, 3.63) is 232 Å². The molecule has 3 heterocycles. The number of allylic oxidation sites excluding steroid dienone is 14. The molecule has 0 spiro atoms. The number of carbonyl (C=O) groups excluding carboxylic acids is 1. The van der Waals surface area contributed by atoms with Gasteiger partial charge in [0.1, 0.15) is 18.6 Å². The number of nitrogens with one attached hydrogen (secondary N) is 1. The molecular weight excluding hydrogens is 849 g/mol. The average molecular weight is 907 g/mol. The molecule has 0 saturated carbocycles. The predicted octanol–water partition coefficient (Wildman–Crippen LogP) is 12.3. The van der Waals surface area contributed by atoms with E-state index in [0.717, 1.165) is 84.2 Å². The van der Waals surface area contributed by atoms with Crippen molar-refractivity contribution in [1.29, 1.82) is 0 Å². The lowest BCUT2D eigenvalue weighted by molar-refractivity contribution is -0.148. The van der Waals surface area contributed by atoms with Crippen LogP contribution in [0.3, 0.4) is 0 Å². The number of rotatable bonds is 13. The molecule has 9 aliphatic rings. The maximum atomic E-state index is 13.6. The van der Waals surface area contributed by atoms with Crippen LogP contribution in [0.1, 0.15) is 63.9 Å². The van der Waals surface area contributed by atoms with Crippen molar-refractivity contribution in [3.63, 3.8) is 0 Å². The summed E-state index contributed by atoms with van der Waals surface area (Å²) < 4.78 is 13.2. The van der Waals surface area contributed by atoms with E-state index >= 15 is 0 Å². The fraction of sp³-hybridized carbons (Fsp3) is 0.274. The highest BCUT2D eigenvalue weighted by Crippen LogP contribution is 2.54. The number of hydrogen-bond donors (Lipinski definition) is 1. The second-order valence-electron chi connectivity index (χ2n) is 18.9. The molecule has 7 atom stereocenters. The average Bonchev–Trinajstić information content (AvgIpc) is 3.97. The summed E-state index contributed by atoms with van der Waals surface area (Å²) in [5, 5.41) is 3.85. The number of amidine groups is 2. The Labute approximate surface area is 407 Å².